The van der Waals surface area contributed by atoms with Crippen molar-refractivity contribution in [1.82, 2.24) is 9.97 Å². The average Bonchev–Trinajstić information content (AvgIpc) is 2.41. The summed E-state index contributed by atoms with van der Waals surface area (Å²) in [5.74, 6) is 0.307. The molecular formula is C14H15FN2O. The lowest BCUT2D eigenvalue weighted by Gasteiger charge is -2.10. The highest BCUT2D eigenvalue weighted by molar-refractivity contribution is 5.58. The van der Waals surface area contributed by atoms with Gasteiger partial charge in [-0.05, 0) is 36.8 Å². The molecule has 94 valence electrons. The van der Waals surface area contributed by atoms with Crippen LogP contribution in [0.4, 0.5) is 4.39 Å². The normalized spacial score (nSPS) is 12.4. The molecule has 0 aliphatic heterocycles. The zero-order valence-electron chi connectivity index (χ0n) is 10.2. The standard InChI is InChI=1S/C14H15FN2O/c1-2-10(9-18)14-16-8-7-13(17-14)11-3-5-12(15)6-4-11/h3-8,10,18H,2,9H2,1H3. The number of hydrogen-bond acceptors (Lipinski definition) is 3. The van der Waals surface area contributed by atoms with Gasteiger partial charge in [0.2, 0.25) is 0 Å². The van der Waals surface area contributed by atoms with Crippen LogP contribution < -0.4 is 0 Å². The van der Waals surface area contributed by atoms with Crippen LogP contribution in [0.2, 0.25) is 0 Å². The second-order valence-electron chi connectivity index (χ2n) is 4.09. The number of aliphatic hydroxyl groups is 1. The summed E-state index contributed by atoms with van der Waals surface area (Å²) in [7, 11) is 0. The van der Waals surface area contributed by atoms with Crippen LogP contribution in [-0.2, 0) is 0 Å². The fourth-order valence-corrected chi connectivity index (χ4v) is 1.75. The zero-order valence-corrected chi connectivity index (χ0v) is 10.2. The molecule has 3 nitrogen and oxygen atoms in total. The lowest BCUT2D eigenvalue weighted by Crippen LogP contribution is -2.08. The van der Waals surface area contributed by atoms with Crippen LogP contribution in [0.3, 0.4) is 0 Å². The summed E-state index contributed by atoms with van der Waals surface area (Å²) >= 11 is 0. The van der Waals surface area contributed by atoms with E-state index in [4.69, 9.17) is 0 Å². The van der Waals surface area contributed by atoms with Gasteiger partial charge in [0.1, 0.15) is 11.6 Å². The predicted molar refractivity (Wildman–Crippen MR) is 67.5 cm³/mol. The maximum absolute atomic E-state index is 12.9. The van der Waals surface area contributed by atoms with E-state index in [2.05, 4.69) is 9.97 Å². The molecule has 0 fully saturated rings. The van der Waals surface area contributed by atoms with Gasteiger partial charge in [0.15, 0.2) is 0 Å². The molecule has 0 saturated carbocycles. The van der Waals surface area contributed by atoms with Crippen LogP contribution >= 0.6 is 0 Å². The fraction of sp³-hybridized carbons (Fsp3) is 0.286. The van der Waals surface area contributed by atoms with Gasteiger partial charge >= 0.3 is 0 Å². The quantitative estimate of drug-likeness (QED) is 0.902. The Hall–Kier alpha value is -1.81. The Kier molecular flexibility index (Phi) is 3.99. The summed E-state index contributed by atoms with van der Waals surface area (Å²) in [5, 5.41) is 9.25. The van der Waals surface area contributed by atoms with Crippen molar-refractivity contribution in [2.45, 2.75) is 19.3 Å². The Bertz CT molecular complexity index is 509. The Morgan fingerprint density at radius 1 is 1.22 bits per heavy atom. The first-order chi connectivity index (χ1) is 8.74. The summed E-state index contributed by atoms with van der Waals surface area (Å²) in [4.78, 5) is 8.60. The van der Waals surface area contributed by atoms with E-state index in [1.165, 1.54) is 12.1 Å². The van der Waals surface area contributed by atoms with Gasteiger partial charge in [-0.25, -0.2) is 14.4 Å². The van der Waals surface area contributed by atoms with Crippen molar-refractivity contribution in [3.8, 4) is 11.3 Å². The lowest BCUT2D eigenvalue weighted by atomic mass is 10.1. The van der Waals surface area contributed by atoms with Crippen LogP contribution in [0.25, 0.3) is 11.3 Å². The van der Waals surface area contributed by atoms with E-state index in [1.54, 1.807) is 24.4 Å². The monoisotopic (exact) mass is 246 g/mol. The first kappa shape index (κ1) is 12.6. The molecule has 0 radical (unpaired) electrons. The molecule has 2 aromatic rings. The van der Waals surface area contributed by atoms with Gasteiger partial charge in [0, 0.05) is 17.7 Å². The summed E-state index contributed by atoms with van der Waals surface area (Å²) in [6.07, 6.45) is 2.45. The number of nitrogens with zero attached hydrogens (tertiary/aromatic N) is 2. The van der Waals surface area contributed by atoms with Gasteiger partial charge in [-0.1, -0.05) is 6.92 Å². The van der Waals surface area contributed by atoms with Gasteiger partial charge in [-0.15, -0.1) is 0 Å². The minimum absolute atomic E-state index is 0.0311. The van der Waals surface area contributed by atoms with Crippen LogP contribution in [0, 0.1) is 5.82 Å². The second kappa shape index (κ2) is 5.69. The van der Waals surface area contributed by atoms with E-state index >= 15 is 0 Å². The second-order valence-corrected chi connectivity index (χ2v) is 4.09. The van der Waals surface area contributed by atoms with Crippen molar-refractivity contribution in [3.05, 3.63) is 48.2 Å². The summed E-state index contributed by atoms with van der Waals surface area (Å²) in [5.41, 5.74) is 1.58. The highest BCUT2D eigenvalue weighted by atomic mass is 19.1. The van der Waals surface area contributed by atoms with Crippen molar-refractivity contribution in [2.24, 2.45) is 0 Å². The number of halogens is 1. The molecule has 1 heterocycles. The first-order valence-electron chi connectivity index (χ1n) is 5.94. The lowest BCUT2D eigenvalue weighted by molar-refractivity contribution is 0.257. The van der Waals surface area contributed by atoms with E-state index in [0.717, 1.165) is 17.7 Å². The van der Waals surface area contributed by atoms with E-state index in [9.17, 15) is 9.50 Å². The van der Waals surface area contributed by atoms with E-state index < -0.39 is 0 Å². The SMILES string of the molecule is CCC(CO)c1nccc(-c2ccc(F)cc2)n1. The minimum atomic E-state index is -0.269. The van der Waals surface area contributed by atoms with Crippen molar-refractivity contribution in [2.75, 3.05) is 6.61 Å². The average molecular weight is 246 g/mol. The third-order valence-electron chi connectivity index (χ3n) is 2.89. The van der Waals surface area contributed by atoms with Gasteiger partial charge in [0.05, 0.1) is 12.3 Å². The molecule has 1 aromatic carbocycles. The topological polar surface area (TPSA) is 46.0 Å². The number of aliphatic hydroxyl groups excluding tert-OH is 1. The van der Waals surface area contributed by atoms with E-state index in [0.29, 0.717) is 5.82 Å². The van der Waals surface area contributed by atoms with Crippen molar-refractivity contribution < 1.29 is 9.50 Å². The maximum atomic E-state index is 12.9. The van der Waals surface area contributed by atoms with Crippen LogP contribution in [-0.4, -0.2) is 21.7 Å². The van der Waals surface area contributed by atoms with Crippen molar-refractivity contribution in [1.29, 1.82) is 0 Å². The summed E-state index contributed by atoms with van der Waals surface area (Å²) < 4.78 is 12.9. The van der Waals surface area contributed by atoms with E-state index in [-0.39, 0.29) is 18.3 Å². The Morgan fingerprint density at radius 2 is 1.94 bits per heavy atom. The Morgan fingerprint density at radius 3 is 2.56 bits per heavy atom. The largest absolute Gasteiger partial charge is 0.396 e. The molecule has 18 heavy (non-hydrogen) atoms. The molecule has 2 rings (SSSR count). The molecule has 0 aliphatic rings. The molecule has 0 aliphatic carbocycles. The third kappa shape index (κ3) is 2.71. The van der Waals surface area contributed by atoms with Crippen molar-refractivity contribution in [3.63, 3.8) is 0 Å². The highest BCUT2D eigenvalue weighted by Crippen LogP contribution is 2.20. The number of hydrogen-bond donors (Lipinski definition) is 1. The minimum Gasteiger partial charge on any atom is -0.396 e. The maximum Gasteiger partial charge on any atom is 0.134 e. The molecule has 1 aromatic heterocycles. The molecule has 1 atom stereocenters. The highest BCUT2D eigenvalue weighted by Gasteiger charge is 2.12. The smallest absolute Gasteiger partial charge is 0.134 e. The van der Waals surface area contributed by atoms with E-state index in [1.807, 2.05) is 6.92 Å². The molecule has 1 unspecified atom stereocenters. The van der Waals surface area contributed by atoms with Crippen molar-refractivity contribution >= 4 is 0 Å². The molecule has 1 N–H and O–H groups in total. The number of aromatic nitrogens is 2. The van der Waals surface area contributed by atoms with Crippen LogP contribution in [0.15, 0.2) is 36.5 Å². The fourth-order valence-electron chi connectivity index (χ4n) is 1.75. The number of rotatable bonds is 4. The van der Waals surface area contributed by atoms with Crippen LogP contribution in [0.5, 0.6) is 0 Å². The number of benzene rings is 1. The van der Waals surface area contributed by atoms with Gasteiger partial charge < -0.3 is 5.11 Å². The molecular weight excluding hydrogens is 231 g/mol. The molecule has 0 bridgehead atoms. The first-order valence-corrected chi connectivity index (χ1v) is 5.94. The summed E-state index contributed by atoms with van der Waals surface area (Å²) in [6, 6.07) is 7.95. The van der Waals surface area contributed by atoms with Gasteiger partial charge in [-0.2, -0.15) is 0 Å². The molecule has 0 amide bonds. The van der Waals surface area contributed by atoms with Gasteiger partial charge in [-0.3, -0.25) is 0 Å². The molecule has 0 saturated heterocycles. The Labute approximate surface area is 105 Å². The Balaban J connectivity index is 2.34. The molecule has 0 spiro atoms. The summed E-state index contributed by atoms with van der Waals surface area (Å²) in [6.45, 7) is 2.01. The van der Waals surface area contributed by atoms with Gasteiger partial charge in [0.25, 0.3) is 0 Å². The third-order valence-corrected chi connectivity index (χ3v) is 2.89. The predicted octanol–water partition coefficient (Wildman–Crippen LogP) is 2.77. The zero-order chi connectivity index (χ0) is 13.0. The van der Waals surface area contributed by atoms with Crippen LogP contribution in [0.1, 0.15) is 25.1 Å². The molecule has 4 heteroatoms.